The molecule has 0 atom stereocenters. The van der Waals surface area contributed by atoms with E-state index in [-0.39, 0.29) is 5.91 Å². The Bertz CT molecular complexity index is 617. The second-order valence-corrected chi connectivity index (χ2v) is 7.76. The van der Waals surface area contributed by atoms with Crippen molar-refractivity contribution in [3.8, 4) is 5.75 Å². The average Bonchev–Trinajstić information content (AvgIpc) is 2.70. The molecule has 0 radical (unpaired) electrons. The number of rotatable bonds is 7. The summed E-state index contributed by atoms with van der Waals surface area (Å²) in [7, 11) is 1.66. The number of methoxy groups -OCH3 is 1. The van der Waals surface area contributed by atoms with Crippen LogP contribution in [0.3, 0.4) is 0 Å². The van der Waals surface area contributed by atoms with Gasteiger partial charge < -0.3 is 24.8 Å². The first-order chi connectivity index (χ1) is 13.1. The number of nitrogens with one attached hydrogen (secondary N) is 2. The number of aryl methyl sites for hydroxylation is 1. The van der Waals surface area contributed by atoms with Crippen LogP contribution in [0.1, 0.15) is 31.2 Å². The minimum atomic E-state index is -0.464. The van der Waals surface area contributed by atoms with E-state index in [9.17, 15) is 4.79 Å². The Morgan fingerprint density at radius 2 is 2.04 bits per heavy atom. The van der Waals surface area contributed by atoms with E-state index in [1.54, 1.807) is 7.11 Å². The molecule has 0 unspecified atom stereocenters. The molecular weight excluding hydrogens is 344 g/mol. The Kier molecular flexibility index (Phi) is 7.10. The van der Waals surface area contributed by atoms with E-state index in [0.29, 0.717) is 19.1 Å². The molecule has 27 heavy (non-hydrogen) atoms. The highest BCUT2D eigenvalue weighted by Gasteiger charge is 2.39. The van der Waals surface area contributed by atoms with Gasteiger partial charge in [-0.3, -0.25) is 4.79 Å². The van der Waals surface area contributed by atoms with Gasteiger partial charge in [0.25, 0.3) is 0 Å². The molecular formula is C21H32N2O4. The van der Waals surface area contributed by atoms with E-state index < -0.39 is 5.41 Å². The van der Waals surface area contributed by atoms with Crippen molar-refractivity contribution in [2.75, 3.05) is 51.9 Å². The first-order valence-corrected chi connectivity index (χ1v) is 9.95. The van der Waals surface area contributed by atoms with Crippen molar-refractivity contribution in [2.24, 2.45) is 11.3 Å². The van der Waals surface area contributed by atoms with Gasteiger partial charge >= 0.3 is 0 Å². The molecule has 0 saturated carbocycles. The van der Waals surface area contributed by atoms with Gasteiger partial charge in [0.2, 0.25) is 5.91 Å². The number of carbonyl (C=O) groups is 1. The molecule has 0 aliphatic carbocycles. The molecule has 2 fully saturated rings. The van der Waals surface area contributed by atoms with Crippen LogP contribution in [-0.4, -0.2) is 52.5 Å². The minimum absolute atomic E-state index is 0.0325. The zero-order valence-corrected chi connectivity index (χ0v) is 16.5. The van der Waals surface area contributed by atoms with Crippen LogP contribution in [0.2, 0.25) is 0 Å². The summed E-state index contributed by atoms with van der Waals surface area (Å²) in [6.07, 6.45) is 3.66. The summed E-state index contributed by atoms with van der Waals surface area (Å²) in [6, 6.07) is 5.88. The van der Waals surface area contributed by atoms with Crippen molar-refractivity contribution in [1.29, 1.82) is 0 Å². The van der Waals surface area contributed by atoms with Crippen molar-refractivity contribution in [3.05, 3.63) is 23.8 Å². The highest BCUT2D eigenvalue weighted by Crippen LogP contribution is 2.32. The molecule has 1 aromatic carbocycles. The lowest BCUT2D eigenvalue weighted by Crippen LogP contribution is -2.47. The average molecular weight is 376 g/mol. The first kappa shape index (κ1) is 20.1. The molecule has 150 valence electrons. The fraction of sp³-hybridized carbons (Fsp3) is 0.667. The zero-order valence-electron chi connectivity index (χ0n) is 16.5. The topological polar surface area (TPSA) is 68.8 Å². The fourth-order valence-electron chi connectivity index (χ4n) is 3.84. The third kappa shape index (κ3) is 5.21. The monoisotopic (exact) mass is 376 g/mol. The lowest BCUT2D eigenvalue weighted by molar-refractivity contribution is -0.130. The number of amides is 1. The quantitative estimate of drug-likeness (QED) is 0.766. The Morgan fingerprint density at radius 3 is 2.74 bits per heavy atom. The standard InChI is InChI=1S/C21H32N2O4/c1-16-3-4-18(13-19(16)27-14-17-5-11-26-12-6-17)23-20(24)21(15-25-2)7-9-22-10-8-21/h3-4,13,17,22H,5-12,14-15H2,1-2H3,(H,23,24). The summed E-state index contributed by atoms with van der Waals surface area (Å²) in [4.78, 5) is 13.0. The fourth-order valence-corrected chi connectivity index (χ4v) is 3.84. The molecule has 6 heteroatoms. The lowest BCUT2D eigenvalue weighted by Gasteiger charge is -2.35. The maximum absolute atomic E-state index is 13.0. The van der Waals surface area contributed by atoms with Gasteiger partial charge in [-0.15, -0.1) is 0 Å². The van der Waals surface area contributed by atoms with Gasteiger partial charge in [0.15, 0.2) is 0 Å². The Balaban J connectivity index is 1.64. The summed E-state index contributed by atoms with van der Waals surface area (Å²) < 4.78 is 16.9. The predicted molar refractivity (Wildman–Crippen MR) is 105 cm³/mol. The van der Waals surface area contributed by atoms with Crippen molar-refractivity contribution in [2.45, 2.75) is 32.6 Å². The number of ether oxygens (including phenoxy) is 3. The smallest absolute Gasteiger partial charge is 0.233 e. The van der Waals surface area contributed by atoms with Crippen LogP contribution in [0.4, 0.5) is 5.69 Å². The Labute approximate surface area is 161 Å². The number of hydrogen-bond donors (Lipinski definition) is 2. The van der Waals surface area contributed by atoms with Crippen LogP contribution in [0.5, 0.6) is 5.75 Å². The van der Waals surface area contributed by atoms with E-state index in [1.807, 2.05) is 25.1 Å². The summed E-state index contributed by atoms with van der Waals surface area (Å²) in [5.41, 5.74) is 1.39. The van der Waals surface area contributed by atoms with Crippen LogP contribution in [-0.2, 0) is 14.3 Å². The van der Waals surface area contributed by atoms with Gasteiger partial charge in [-0.1, -0.05) is 6.07 Å². The number of anilines is 1. The Morgan fingerprint density at radius 1 is 1.30 bits per heavy atom. The first-order valence-electron chi connectivity index (χ1n) is 9.95. The number of carbonyl (C=O) groups excluding carboxylic acids is 1. The molecule has 1 amide bonds. The molecule has 0 bridgehead atoms. The number of piperidine rings is 1. The largest absolute Gasteiger partial charge is 0.493 e. The van der Waals surface area contributed by atoms with Crippen LogP contribution in [0.15, 0.2) is 18.2 Å². The molecule has 0 aromatic heterocycles. The summed E-state index contributed by atoms with van der Waals surface area (Å²) in [5.74, 6) is 1.41. The van der Waals surface area contributed by atoms with E-state index in [2.05, 4.69) is 10.6 Å². The maximum atomic E-state index is 13.0. The third-order valence-corrected chi connectivity index (χ3v) is 5.72. The third-order valence-electron chi connectivity index (χ3n) is 5.72. The zero-order chi connectivity index (χ0) is 19.1. The van der Waals surface area contributed by atoms with Crippen molar-refractivity contribution in [1.82, 2.24) is 5.32 Å². The van der Waals surface area contributed by atoms with E-state index >= 15 is 0 Å². The summed E-state index contributed by atoms with van der Waals surface area (Å²) in [6.45, 7) is 6.48. The van der Waals surface area contributed by atoms with E-state index in [1.165, 1.54) is 0 Å². The molecule has 0 spiro atoms. The van der Waals surface area contributed by atoms with Gasteiger partial charge in [-0.25, -0.2) is 0 Å². The van der Waals surface area contributed by atoms with Gasteiger partial charge in [-0.2, -0.15) is 0 Å². The highest BCUT2D eigenvalue weighted by molar-refractivity contribution is 5.95. The van der Waals surface area contributed by atoms with Crippen molar-refractivity contribution in [3.63, 3.8) is 0 Å². The summed E-state index contributed by atoms with van der Waals surface area (Å²) in [5, 5.41) is 6.41. The molecule has 2 aliphatic heterocycles. The molecule has 2 N–H and O–H groups in total. The van der Waals surface area contributed by atoms with Gasteiger partial charge in [-0.05, 0) is 63.2 Å². The lowest BCUT2D eigenvalue weighted by atomic mass is 9.78. The van der Waals surface area contributed by atoms with Gasteiger partial charge in [0, 0.05) is 32.1 Å². The summed E-state index contributed by atoms with van der Waals surface area (Å²) >= 11 is 0. The SMILES string of the molecule is COCC1(C(=O)Nc2ccc(C)c(OCC3CCOCC3)c2)CCNCC1. The minimum Gasteiger partial charge on any atom is -0.493 e. The van der Waals surface area contributed by atoms with Gasteiger partial charge in [0.1, 0.15) is 5.75 Å². The van der Waals surface area contributed by atoms with Crippen molar-refractivity contribution >= 4 is 11.6 Å². The van der Waals surface area contributed by atoms with Gasteiger partial charge in [0.05, 0.1) is 18.6 Å². The van der Waals surface area contributed by atoms with E-state index in [0.717, 1.165) is 69.0 Å². The van der Waals surface area contributed by atoms with Crippen LogP contribution in [0, 0.1) is 18.3 Å². The normalized spacial score (nSPS) is 20.2. The molecule has 3 rings (SSSR count). The molecule has 1 aromatic rings. The van der Waals surface area contributed by atoms with E-state index in [4.69, 9.17) is 14.2 Å². The second-order valence-electron chi connectivity index (χ2n) is 7.76. The molecule has 2 saturated heterocycles. The molecule has 2 aliphatic rings. The van der Waals surface area contributed by atoms with Crippen LogP contribution >= 0.6 is 0 Å². The molecule has 6 nitrogen and oxygen atoms in total. The molecule has 2 heterocycles. The Hall–Kier alpha value is -1.63. The number of benzene rings is 1. The predicted octanol–water partition coefficient (Wildman–Crippen LogP) is 2.76. The maximum Gasteiger partial charge on any atom is 0.233 e. The van der Waals surface area contributed by atoms with Crippen molar-refractivity contribution < 1.29 is 19.0 Å². The second kappa shape index (κ2) is 9.53. The van der Waals surface area contributed by atoms with Crippen LogP contribution < -0.4 is 15.4 Å². The highest BCUT2D eigenvalue weighted by atomic mass is 16.5. The van der Waals surface area contributed by atoms with Crippen LogP contribution in [0.25, 0.3) is 0 Å². The number of hydrogen-bond acceptors (Lipinski definition) is 5.